The molecule has 140 valence electrons. The van der Waals surface area contributed by atoms with Crippen LogP contribution in [0.1, 0.15) is 18.1 Å². The number of nitrogens with one attached hydrogen (secondary N) is 2. The predicted octanol–water partition coefficient (Wildman–Crippen LogP) is 1.44. The minimum Gasteiger partial charge on any atom is -0.326 e. The highest BCUT2D eigenvalue weighted by molar-refractivity contribution is 7.89. The van der Waals surface area contributed by atoms with Crippen LogP contribution in [0.4, 0.5) is 11.4 Å². The summed E-state index contributed by atoms with van der Waals surface area (Å²) in [5.41, 5.74) is 3.17. The Labute approximate surface area is 157 Å². The van der Waals surface area contributed by atoms with E-state index in [1.54, 1.807) is 11.0 Å². The molecule has 0 saturated carbocycles. The third-order valence-electron chi connectivity index (χ3n) is 4.90. The molecule has 0 spiro atoms. The first kappa shape index (κ1) is 17.7. The van der Waals surface area contributed by atoms with Gasteiger partial charge in [0.15, 0.2) is 0 Å². The number of amides is 2. The number of rotatable bonds is 4. The predicted molar refractivity (Wildman–Crippen MR) is 101 cm³/mol. The monoisotopic (exact) mass is 385 g/mol. The zero-order valence-electron chi connectivity index (χ0n) is 14.7. The molecule has 0 bridgehead atoms. The van der Waals surface area contributed by atoms with Crippen molar-refractivity contribution in [3.8, 4) is 0 Å². The van der Waals surface area contributed by atoms with E-state index in [0.717, 1.165) is 17.7 Å². The summed E-state index contributed by atoms with van der Waals surface area (Å²) in [5.74, 6) is -0.460. The molecular formula is C19H19N3O4S. The van der Waals surface area contributed by atoms with Gasteiger partial charge in [-0.05, 0) is 48.7 Å². The topological polar surface area (TPSA) is 95.6 Å². The minimum atomic E-state index is -3.86. The van der Waals surface area contributed by atoms with Gasteiger partial charge in [-0.2, -0.15) is 0 Å². The van der Waals surface area contributed by atoms with Gasteiger partial charge in [-0.1, -0.05) is 18.2 Å². The van der Waals surface area contributed by atoms with Gasteiger partial charge in [-0.15, -0.1) is 0 Å². The lowest BCUT2D eigenvalue weighted by Crippen LogP contribution is -2.43. The molecule has 8 heteroatoms. The molecule has 2 aromatic carbocycles. The van der Waals surface area contributed by atoms with Crippen LogP contribution in [-0.2, 0) is 32.5 Å². The number of hydrogen-bond donors (Lipinski definition) is 2. The molecule has 0 fully saturated rings. The molecule has 2 aromatic rings. The van der Waals surface area contributed by atoms with Crippen LogP contribution in [0.25, 0.3) is 0 Å². The molecule has 1 atom stereocenters. The normalized spacial score (nSPS) is 18.2. The fourth-order valence-electron chi connectivity index (χ4n) is 3.64. The van der Waals surface area contributed by atoms with Gasteiger partial charge in [-0.3, -0.25) is 9.59 Å². The maximum atomic E-state index is 12.7. The first-order valence-electron chi connectivity index (χ1n) is 8.67. The smallest absolute Gasteiger partial charge is 0.242 e. The minimum absolute atomic E-state index is 0.0171. The van der Waals surface area contributed by atoms with Crippen LogP contribution < -0.4 is 14.9 Å². The summed E-state index contributed by atoms with van der Waals surface area (Å²) in [6.07, 6.45) is 0.903. The lowest BCUT2D eigenvalue weighted by atomic mass is 10.1. The summed E-state index contributed by atoms with van der Waals surface area (Å²) < 4.78 is 27.5. The molecule has 2 N–H and O–H groups in total. The van der Waals surface area contributed by atoms with Gasteiger partial charge in [0.05, 0.1) is 17.9 Å². The molecule has 0 aromatic heterocycles. The van der Waals surface area contributed by atoms with Crippen LogP contribution in [0, 0.1) is 0 Å². The largest absolute Gasteiger partial charge is 0.326 e. The zero-order chi connectivity index (χ0) is 19.2. The fourth-order valence-corrected chi connectivity index (χ4v) is 4.67. The van der Waals surface area contributed by atoms with Crippen molar-refractivity contribution < 1.29 is 18.0 Å². The average molecular weight is 385 g/mol. The summed E-state index contributed by atoms with van der Waals surface area (Å²) in [6.45, 7) is 1.62. The van der Waals surface area contributed by atoms with Crippen molar-refractivity contribution in [2.75, 3.05) is 16.8 Å². The second kappa shape index (κ2) is 6.47. The van der Waals surface area contributed by atoms with Gasteiger partial charge in [-0.25, -0.2) is 13.1 Å². The Morgan fingerprint density at radius 1 is 1.22 bits per heavy atom. The van der Waals surface area contributed by atoms with Crippen LogP contribution in [0.2, 0.25) is 0 Å². The highest BCUT2D eigenvalue weighted by Crippen LogP contribution is 2.31. The van der Waals surface area contributed by atoms with Crippen LogP contribution in [0.3, 0.4) is 0 Å². The van der Waals surface area contributed by atoms with Crippen molar-refractivity contribution in [1.29, 1.82) is 0 Å². The Balaban J connectivity index is 1.49. The number of anilines is 2. The number of benzene rings is 2. The molecule has 27 heavy (non-hydrogen) atoms. The summed E-state index contributed by atoms with van der Waals surface area (Å²) >= 11 is 0. The summed E-state index contributed by atoms with van der Waals surface area (Å²) in [5, 5.41) is 2.66. The Kier molecular flexibility index (Phi) is 4.24. The maximum Gasteiger partial charge on any atom is 0.242 e. The molecule has 2 aliphatic heterocycles. The molecule has 0 radical (unpaired) electrons. The molecule has 4 rings (SSSR count). The zero-order valence-corrected chi connectivity index (χ0v) is 15.5. The highest BCUT2D eigenvalue weighted by atomic mass is 32.2. The second-order valence-electron chi connectivity index (χ2n) is 6.81. The fraction of sp³-hybridized carbons (Fsp3) is 0.263. The van der Waals surface area contributed by atoms with Crippen molar-refractivity contribution in [2.45, 2.75) is 30.7 Å². The van der Waals surface area contributed by atoms with Crippen LogP contribution in [0.5, 0.6) is 0 Å². The molecule has 1 unspecified atom stereocenters. The standard InChI is InChI=1S/C19H19N3O4S/c1-12-8-13-4-2-3-5-17(13)22(12)19(24)11-20-27(25,26)15-6-7-16-14(9-15)10-18(23)21-16/h2-7,9,12,20H,8,10-11H2,1H3,(H,21,23). The first-order valence-corrected chi connectivity index (χ1v) is 10.2. The Morgan fingerprint density at radius 2 is 2.00 bits per heavy atom. The maximum absolute atomic E-state index is 12.7. The van der Waals surface area contributed by atoms with Gasteiger partial charge in [0.25, 0.3) is 0 Å². The van der Waals surface area contributed by atoms with E-state index in [9.17, 15) is 18.0 Å². The number of hydrogen-bond acceptors (Lipinski definition) is 4. The van der Waals surface area contributed by atoms with E-state index in [2.05, 4.69) is 10.0 Å². The highest BCUT2D eigenvalue weighted by Gasteiger charge is 2.31. The number of sulfonamides is 1. The third kappa shape index (κ3) is 3.22. The summed E-state index contributed by atoms with van der Waals surface area (Å²) in [6, 6.07) is 12.1. The first-order chi connectivity index (χ1) is 12.8. The van der Waals surface area contributed by atoms with Gasteiger partial charge < -0.3 is 10.2 Å². The van der Waals surface area contributed by atoms with Crippen molar-refractivity contribution in [3.63, 3.8) is 0 Å². The van der Waals surface area contributed by atoms with E-state index in [0.29, 0.717) is 11.3 Å². The van der Waals surface area contributed by atoms with Crippen molar-refractivity contribution in [2.24, 2.45) is 0 Å². The van der Waals surface area contributed by atoms with Crippen molar-refractivity contribution in [3.05, 3.63) is 53.6 Å². The Morgan fingerprint density at radius 3 is 2.81 bits per heavy atom. The Hall–Kier alpha value is -2.71. The van der Waals surface area contributed by atoms with E-state index in [4.69, 9.17) is 0 Å². The molecule has 0 aliphatic carbocycles. The number of para-hydroxylation sites is 1. The number of carbonyl (C=O) groups is 2. The number of nitrogens with zero attached hydrogens (tertiary/aromatic N) is 1. The van der Waals surface area contributed by atoms with Gasteiger partial charge in [0, 0.05) is 17.4 Å². The van der Waals surface area contributed by atoms with Gasteiger partial charge >= 0.3 is 0 Å². The van der Waals surface area contributed by atoms with Gasteiger partial charge in [0.2, 0.25) is 21.8 Å². The second-order valence-corrected chi connectivity index (χ2v) is 8.58. The third-order valence-corrected chi connectivity index (χ3v) is 6.30. The van der Waals surface area contributed by atoms with Gasteiger partial charge in [0.1, 0.15) is 0 Å². The van der Waals surface area contributed by atoms with Crippen molar-refractivity contribution >= 4 is 33.2 Å². The number of fused-ring (bicyclic) bond motifs is 2. The molecule has 2 amide bonds. The SMILES string of the molecule is CC1Cc2ccccc2N1C(=O)CNS(=O)(=O)c1ccc2c(c1)CC(=O)N2. The molecule has 7 nitrogen and oxygen atoms in total. The number of carbonyl (C=O) groups excluding carboxylic acids is 2. The average Bonchev–Trinajstić information content (AvgIpc) is 3.16. The molecule has 2 aliphatic rings. The molecule has 2 heterocycles. The van der Waals surface area contributed by atoms with Crippen LogP contribution in [0.15, 0.2) is 47.4 Å². The summed E-state index contributed by atoms with van der Waals surface area (Å²) in [4.78, 5) is 25.8. The van der Waals surface area contributed by atoms with E-state index in [-0.39, 0.29) is 35.7 Å². The van der Waals surface area contributed by atoms with E-state index >= 15 is 0 Å². The van der Waals surface area contributed by atoms with Crippen LogP contribution >= 0.6 is 0 Å². The molecular weight excluding hydrogens is 366 g/mol. The molecule has 0 saturated heterocycles. The van der Waals surface area contributed by atoms with E-state index < -0.39 is 10.0 Å². The summed E-state index contributed by atoms with van der Waals surface area (Å²) in [7, 11) is -3.86. The van der Waals surface area contributed by atoms with Crippen molar-refractivity contribution in [1.82, 2.24) is 4.72 Å². The lowest BCUT2D eigenvalue weighted by Gasteiger charge is -2.23. The van der Waals surface area contributed by atoms with E-state index in [1.807, 2.05) is 31.2 Å². The van der Waals surface area contributed by atoms with Crippen LogP contribution in [-0.4, -0.2) is 32.8 Å². The Bertz CT molecular complexity index is 1050. The van der Waals surface area contributed by atoms with E-state index in [1.165, 1.54) is 12.1 Å². The lowest BCUT2D eigenvalue weighted by molar-refractivity contribution is -0.118. The quantitative estimate of drug-likeness (QED) is 0.832.